The maximum Gasteiger partial charge on any atom is 0.127 e. The largest absolute Gasteiger partial charge is 0.326 e. The van der Waals surface area contributed by atoms with Gasteiger partial charge in [0, 0.05) is 31.4 Å². The fourth-order valence-corrected chi connectivity index (χ4v) is 2.02. The molecule has 1 aromatic carbocycles. The summed E-state index contributed by atoms with van der Waals surface area (Å²) in [6.07, 6.45) is 1.79. The molecule has 100 valence electrons. The number of aromatic nitrogens is 1. The van der Waals surface area contributed by atoms with Gasteiger partial charge in [-0.3, -0.25) is 9.88 Å². The van der Waals surface area contributed by atoms with Crippen molar-refractivity contribution in [2.45, 2.75) is 19.6 Å². The summed E-state index contributed by atoms with van der Waals surface area (Å²) in [6, 6.07) is 11.0. The molecule has 0 bridgehead atoms. The third kappa shape index (κ3) is 3.84. The number of rotatable bonds is 5. The zero-order chi connectivity index (χ0) is 13.7. The molecule has 1 aromatic heterocycles. The van der Waals surface area contributed by atoms with Crippen molar-refractivity contribution < 1.29 is 4.39 Å². The van der Waals surface area contributed by atoms with Gasteiger partial charge in [-0.2, -0.15) is 0 Å². The minimum absolute atomic E-state index is 0.226. The molecule has 0 saturated heterocycles. The van der Waals surface area contributed by atoms with Crippen LogP contribution in [0.1, 0.15) is 16.8 Å². The summed E-state index contributed by atoms with van der Waals surface area (Å²) < 4.78 is 13.4. The number of benzene rings is 1. The van der Waals surface area contributed by atoms with Crippen molar-refractivity contribution >= 4 is 0 Å². The molecule has 2 aromatic rings. The lowest BCUT2D eigenvalue weighted by atomic mass is 10.1. The van der Waals surface area contributed by atoms with Crippen LogP contribution in [0.15, 0.2) is 42.6 Å². The second-order valence-corrected chi connectivity index (χ2v) is 4.62. The van der Waals surface area contributed by atoms with Crippen LogP contribution < -0.4 is 5.73 Å². The van der Waals surface area contributed by atoms with Crippen LogP contribution >= 0.6 is 0 Å². The molecule has 0 atom stereocenters. The highest BCUT2D eigenvalue weighted by Crippen LogP contribution is 2.12. The number of hydrogen-bond acceptors (Lipinski definition) is 3. The Morgan fingerprint density at radius 1 is 1.21 bits per heavy atom. The Morgan fingerprint density at radius 3 is 2.74 bits per heavy atom. The Kier molecular flexibility index (Phi) is 4.60. The summed E-state index contributed by atoms with van der Waals surface area (Å²) in [5.41, 5.74) is 8.14. The fraction of sp³-hybridized carbons (Fsp3) is 0.267. The van der Waals surface area contributed by atoms with Gasteiger partial charge in [0.1, 0.15) is 5.82 Å². The highest BCUT2D eigenvalue weighted by molar-refractivity contribution is 5.25. The van der Waals surface area contributed by atoms with E-state index in [0.717, 1.165) is 24.3 Å². The highest BCUT2D eigenvalue weighted by atomic mass is 19.1. The van der Waals surface area contributed by atoms with E-state index in [1.165, 1.54) is 6.07 Å². The van der Waals surface area contributed by atoms with Gasteiger partial charge < -0.3 is 5.73 Å². The summed E-state index contributed by atoms with van der Waals surface area (Å²) in [6.45, 7) is 1.73. The first-order chi connectivity index (χ1) is 9.19. The van der Waals surface area contributed by atoms with Gasteiger partial charge in [0.25, 0.3) is 0 Å². The van der Waals surface area contributed by atoms with Crippen LogP contribution in [0.4, 0.5) is 4.39 Å². The van der Waals surface area contributed by atoms with Gasteiger partial charge in [-0.05, 0) is 30.8 Å². The van der Waals surface area contributed by atoms with Crippen LogP contribution in [0.2, 0.25) is 0 Å². The number of nitrogens with zero attached hydrogens (tertiary/aromatic N) is 2. The van der Waals surface area contributed by atoms with Crippen LogP contribution in [-0.4, -0.2) is 16.9 Å². The molecule has 0 saturated carbocycles. The quantitative estimate of drug-likeness (QED) is 0.896. The third-order valence-electron chi connectivity index (χ3n) is 2.94. The van der Waals surface area contributed by atoms with Gasteiger partial charge in [0.15, 0.2) is 0 Å². The minimum Gasteiger partial charge on any atom is -0.326 e. The Balaban J connectivity index is 2.01. The lowest BCUT2D eigenvalue weighted by Crippen LogP contribution is -2.18. The molecule has 0 aliphatic rings. The second kappa shape index (κ2) is 6.41. The van der Waals surface area contributed by atoms with Gasteiger partial charge in [0.2, 0.25) is 0 Å². The summed E-state index contributed by atoms with van der Waals surface area (Å²) in [7, 11) is 2.01. The van der Waals surface area contributed by atoms with Gasteiger partial charge in [-0.1, -0.05) is 18.2 Å². The fourth-order valence-electron chi connectivity index (χ4n) is 2.02. The van der Waals surface area contributed by atoms with Gasteiger partial charge in [-0.15, -0.1) is 0 Å². The standard InChI is InChI=1S/C15H18FN3/c1-19(11-14-4-2-3-7-18-14)10-12-5-6-15(16)13(8-12)9-17/h2-8H,9-11,17H2,1H3. The minimum atomic E-state index is -0.237. The number of hydrogen-bond donors (Lipinski definition) is 1. The molecule has 0 radical (unpaired) electrons. The lowest BCUT2D eigenvalue weighted by Gasteiger charge is -2.16. The average Bonchev–Trinajstić information content (AvgIpc) is 2.42. The maximum atomic E-state index is 13.4. The topological polar surface area (TPSA) is 42.1 Å². The molecule has 0 unspecified atom stereocenters. The van der Waals surface area contributed by atoms with Crippen molar-refractivity contribution in [3.63, 3.8) is 0 Å². The molecule has 2 N–H and O–H groups in total. The van der Waals surface area contributed by atoms with Crippen LogP contribution in [0, 0.1) is 5.82 Å². The van der Waals surface area contributed by atoms with E-state index in [1.54, 1.807) is 12.3 Å². The van der Waals surface area contributed by atoms with Crippen LogP contribution in [-0.2, 0) is 19.6 Å². The van der Waals surface area contributed by atoms with E-state index in [2.05, 4.69) is 9.88 Å². The Labute approximate surface area is 112 Å². The second-order valence-electron chi connectivity index (χ2n) is 4.62. The molecule has 3 nitrogen and oxygen atoms in total. The molecule has 4 heteroatoms. The monoisotopic (exact) mass is 259 g/mol. The average molecular weight is 259 g/mol. The lowest BCUT2D eigenvalue weighted by molar-refractivity contribution is 0.315. The molecule has 0 spiro atoms. The first kappa shape index (κ1) is 13.6. The van der Waals surface area contributed by atoms with Crippen molar-refractivity contribution in [1.82, 2.24) is 9.88 Å². The molecule has 0 aliphatic heterocycles. The van der Waals surface area contributed by atoms with E-state index in [1.807, 2.05) is 31.3 Å². The van der Waals surface area contributed by atoms with Crippen molar-refractivity contribution in [3.05, 3.63) is 65.2 Å². The maximum absolute atomic E-state index is 13.4. The molecule has 0 aliphatic carbocycles. The van der Waals surface area contributed by atoms with Crippen molar-refractivity contribution in [1.29, 1.82) is 0 Å². The molecular formula is C15H18FN3. The van der Waals surface area contributed by atoms with E-state index >= 15 is 0 Å². The van der Waals surface area contributed by atoms with Crippen LogP contribution in [0.25, 0.3) is 0 Å². The van der Waals surface area contributed by atoms with Crippen LogP contribution in [0.5, 0.6) is 0 Å². The highest BCUT2D eigenvalue weighted by Gasteiger charge is 2.05. The summed E-state index contributed by atoms with van der Waals surface area (Å²) in [5.74, 6) is -0.237. The molecule has 0 amide bonds. The Hall–Kier alpha value is -1.78. The zero-order valence-electron chi connectivity index (χ0n) is 11.0. The summed E-state index contributed by atoms with van der Waals surface area (Å²) in [4.78, 5) is 6.42. The van der Waals surface area contributed by atoms with Gasteiger partial charge in [-0.25, -0.2) is 4.39 Å². The normalized spacial score (nSPS) is 10.9. The molecule has 19 heavy (non-hydrogen) atoms. The molecule has 2 rings (SSSR count). The predicted octanol–water partition coefficient (Wildman–Crippen LogP) is 2.31. The van der Waals surface area contributed by atoms with E-state index in [4.69, 9.17) is 5.73 Å². The molecular weight excluding hydrogens is 241 g/mol. The van der Waals surface area contributed by atoms with E-state index in [-0.39, 0.29) is 12.4 Å². The third-order valence-corrected chi connectivity index (χ3v) is 2.94. The van der Waals surface area contributed by atoms with E-state index < -0.39 is 0 Å². The number of pyridine rings is 1. The number of nitrogens with two attached hydrogens (primary N) is 1. The van der Waals surface area contributed by atoms with Crippen molar-refractivity contribution in [2.24, 2.45) is 5.73 Å². The number of halogens is 1. The summed E-state index contributed by atoms with van der Waals surface area (Å²) in [5, 5.41) is 0. The molecule has 0 fully saturated rings. The predicted molar refractivity (Wildman–Crippen MR) is 73.7 cm³/mol. The SMILES string of the molecule is CN(Cc1ccc(F)c(CN)c1)Cc1ccccn1. The van der Waals surface area contributed by atoms with Gasteiger partial charge in [0.05, 0.1) is 5.69 Å². The Bertz CT molecular complexity index is 528. The van der Waals surface area contributed by atoms with E-state index in [0.29, 0.717) is 5.56 Å². The molecule has 1 heterocycles. The smallest absolute Gasteiger partial charge is 0.127 e. The first-order valence-corrected chi connectivity index (χ1v) is 6.25. The zero-order valence-corrected chi connectivity index (χ0v) is 11.0. The van der Waals surface area contributed by atoms with Gasteiger partial charge >= 0.3 is 0 Å². The Morgan fingerprint density at radius 2 is 2.05 bits per heavy atom. The van der Waals surface area contributed by atoms with Crippen molar-refractivity contribution in [2.75, 3.05) is 7.05 Å². The van der Waals surface area contributed by atoms with Crippen molar-refractivity contribution in [3.8, 4) is 0 Å². The first-order valence-electron chi connectivity index (χ1n) is 6.25. The van der Waals surface area contributed by atoms with Crippen LogP contribution in [0.3, 0.4) is 0 Å². The van der Waals surface area contributed by atoms with E-state index in [9.17, 15) is 4.39 Å². The summed E-state index contributed by atoms with van der Waals surface area (Å²) >= 11 is 0.